The second-order valence-electron chi connectivity index (χ2n) is 9.16. The summed E-state index contributed by atoms with van der Waals surface area (Å²) in [4.78, 5) is 35.2. The van der Waals surface area contributed by atoms with Crippen molar-refractivity contribution in [3.05, 3.63) is 47.0 Å². The van der Waals surface area contributed by atoms with Gasteiger partial charge in [-0.05, 0) is 56.1 Å². The highest BCUT2D eigenvalue weighted by atomic mass is 16.5. The smallest absolute Gasteiger partial charge is 0.333 e. The highest BCUT2D eigenvalue weighted by molar-refractivity contribution is 5.88. The molecule has 1 N–H and O–H groups in total. The van der Waals surface area contributed by atoms with Crippen molar-refractivity contribution < 1.29 is 19.1 Å². The Labute approximate surface area is 200 Å². The van der Waals surface area contributed by atoms with Gasteiger partial charge in [0.25, 0.3) is 0 Å². The highest BCUT2D eigenvalue weighted by Crippen LogP contribution is 2.20. The van der Waals surface area contributed by atoms with Crippen LogP contribution in [0, 0.1) is 11.8 Å². The van der Waals surface area contributed by atoms with Crippen molar-refractivity contribution in [3.8, 4) is 0 Å². The predicted octanol–water partition coefficient (Wildman–Crippen LogP) is 4.56. The van der Waals surface area contributed by atoms with E-state index in [9.17, 15) is 14.4 Å². The zero-order chi connectivity index (χ0) is 25.4. The highest BCUT2D eigenvalue weighted by Gasteiger charge is 2.22. The number of hydrogen-bond acceptors (Lipinski definition) is 4. The molecule has 2 rings (SSSR count). The Morgan fingerprint density at radius 1 is 1.09 bits per heavy atom. The molecule has 0 fully saturated rings. The fraction of sp³-hybridized carbons (Fsp3) is 0.593. The molecule has 0 heterocycles. The van der Waals surface area contributed by atoms with Crippen molar-refractivity contribution in [1.82, 2.24) is 10.2 Å². The van der Waals surface area contributed by atoms with Crippen molar-refractivity contribution in [2.24, 2.45) is 11.8 Å². The fourth-order valence-electron chi connectivity index (χ4n) is 3.26. The van der Waals surface area contributed by atoms with Gasteiger partial charge in [0, 0.05) is 12.6 Å². The van der Waals surface area contributed by atoms with Crippen molar-refractivity contribution in [2.75, 3.05) is 20.2 Å². The number of likely N-dealkylation sites (N-methyl/N-ethyl adjacent to an activating group) is 1. The summed E-state index contributed by atoms with van der Waals surface area (Å²) in [7, 11) is 1.65. The summed E-state index contributed by atoms with van der Waals surface area (Å²) in [6.45, 7) is 14.1. The van der Waals surface area contributed by atoms with Crippen LogP contribution in [0.15, 0.2) is 35.9 Å². The van der Waals surface area contributed by atoms with E-state index in [1.165, 1.54) is 24.2 Å². The van der Waals surface area contributed by atoms with E-state index in [4.69, 9.17) is 4.74 Å². The van der Waals surface area contributed by atoms with Crippen LogP contribution in [0.3, 0.4) is 0 Å². The average Bonchev–Trinajstić information content (AvgIpc) is 3.24. The van der Waals surface area contributed by atoms with E-state index in [1.54, 1.807) is 38.1 Å². The van der Waals surface area contributed by atoms with Crippen LogP contribution in [0.1, 0.15) is 66.0 Å². The van der Waals surface area contributed by atoms with Crippen molar-refractivity contribution in [3.63, 3.8) is 0 Å². The van der Waals surface area contributed by atoms with E-state index in [0.717, 1.165) is 5.92 Å². The molecule has 186 valence electrons. The average molecular weight is 461 g/mol. The molecular weight excluding hydrogens is 416 g/mol. The largest absolute Gasteiger partial charge is 0.463 e. The van der Waals surface area contributed by atoms with Crippen molar-refractivity contribution in [2.45, 2.75) is 73.8 Å². The van der Waals surface area contributed by atoms with Crippen LogP contribution in [-0.4, -0.2) is 49.4 Å². The number of nitrogens with one attached hydrogen (secondary N) is 1. The first-order chi connectivity index (χ1) is 15.5. The summed E-state index contributed by atoms with van der Waals surface area (Å²) in [6.07, 6.45) is 6.17. The minimum absolute atomic E-state index is 0.0600. The fourth-order valence-corrected chi connectivity index (χ4v) is 3.26. The molecule has 1 aliphatic carbocycles. The van der Waals surface area contributed by atoms with Crippen LogP contribution in [0.4, 0.5) is 0 Å². The predicted molar refractivity (Wildman–Crippen MR) is 135 cm³/mol. The van der Waals surface area contributed by atoms with E-state index in [2.05, 4.69) is 50.4 Å². The molecule has 0 saturated heterocycles. The topological polar surface area (TPSA) is 75.7 Å². The molecule has 6 nitrogen and oxygen atoms in total. The lowest BCUT2D eigenvalue weighted by atomic mass is 10.00. The third-order valence-corrected chi connectivity index (χ3v) is 4.89. The van der Waals surface area contributed by atoms with Gasteiger partial charge in [-0.2, -0.15) is 0 Å². The second kappa shape index (κ2) is 16.9. The number of hydrogen-bond donors (Lipinski definition) is 1. The van der Waals surface area contributed by atoms with Crippen LogP contribution < -0.4 is 5.32 Å². The van der Waals surface area contributed by atoms with Gasteiger partial charge in [-0.1, -0.05) is 65.0 Å². The first-order valence-electron chi connectivity index (χ1n) is 11.9. The molecule has 0 aliphatic heterocycles. The Balaban J connectivity index is 0.000000634. The lowest BCUT2D eigenvalue weighted by Crippen LogP contribution is -2.43. The lowest BCUT2D eigenvalue weighted by molar-refractivity contribution is -0.138. The number of carbonyl (C=O) groups is 3. The van der Waals surface area contributed by atoms with E-state index < -0.39 is 0 Å². The number of carbonyl (C=O) groups excluding carboxylic acids is 3. The van der Waals surface area contributed by atoms with E-state index in [-0.39, 0.29) is 30.4 Å². The number of rotatable bonds is 8. The minimum atomic E-state index is -0.384. The van der Waals surface area contributed by atoms with Crippen molar-refractivity contribution >= 4 is 18.3 Å². The summed E-state index contributed by atoms with van der Waals surface area (Å²) < 4.78 is 4.92. The molecule has 6 heteroatoms. The SMILES string of the molecule is CC(C)C.CCOC(=O)/C(C)=C/[C@H](C(C)C)N(C)C(=O)CNC=O.c1ccc2c(c1)CCC2. The number of benzene rings is 1. The molecule has 0 unspecified atom stereocenters. The van der Waals surface area contributed by atoms with Gasteiger partial charge in [0.1, 0.15) is 0 Å². The monoisotopic (exact) mass is 460 g/mol. The number of nitrogens with zero attached hydrogens (tertiary/aromatic N) is 1. The van der Waals surface area contributed by atoms with Crippen molar-refractivity contribution in [1.29, 1.82) is 0 Å². The summed E-state index contributed by atoms with van der Waals surface area (Å²) in [5.74, 6) is 0.360. The first-order valence-corrected chi connectivity index (χ1v) is 11.9. The van der Waals surface area contributed by atoms with Gasteiger partial charge >= 0.3 is 5.97 Å². The molecule has 0 radical (unpaired) electrons. The van der Waals surface area contributed by atoms with Gasteiger partial charge in [-0.25, -0.2) is 4.79 Å². The zero-order valence-corrected chi connectivity index (χ0v) is 21.8. The molecule has 0 aromatic heterocycles. The van der Waals surface area contributed by atoms with Gasteiger partial charge in [0.05, 0.1) is 19.2 Å². The summed E-state index contributed by atoms with van der Waals surface area (Å²) in [5.41, 5.74) is 3.60. The lowest BCUT2D eigenvalue weighted by Gasteiger charge is -2.29. The van der Waals surface area contributed by atoms with E-state index >= 15 is 0 Å². The number of amides is 2. The maximum absolute atomic E-state index is 11.9. The van der Waals surface area contributed by atoms with Crippen LogP contribution in [-0.2, 0) is 32.0 Å². The van der Waals surface area contributed by atoms with E-state index in [1.807, 2.05) is 13.8 Å². The molecule has 1 aromatic rings. The van der Waals surface area contributed by atoms with E-state index in [0.29, 0.717) is 18.6 Å². The molecule has 2 amide bonds. The van der Waals surface area contributed by atoms with Crippen LogP contribution in [0.2, 0.25) is 0 Å². The van der Waals surface area contributed by atoms with Crippen LogP contribution in [0.5, 0.6) is 0 Å². The third-order valence-electron chi connectivity index (χ3n) is 4.89. The normalized spacial score (nSPS) is 13.1. The molecule has 0 saturated carbocycles. The molecule has 1 aliphatic rings. The number of aryl methyl sites for hydroxylation is 2. The second-order valence-corrected chi connectivity index (χ2v) is 9.16. The van der Waals surface area contributed by atoms with Gasteiger partial charge in [-0.15, -0.1) is 0 Å². The standard InChI is InChI=1S/C14H24N2O4.C9H10.C4H10/c1-6-20-14(19)11(4)7-12(10(2)3)16(5)13(18)8-15-9-17;1-2-5-9-7-3-6-8(9)4-1;1-4(2)3/h7,9-10,12H,6,8H2,1-5H3,(H,15,17);1-2,4-5H,3,6-7H2;4H,1-3H3/b11-7+;;/t12-;;/m1../s1. The molecule has 0 spiro atoms. The van der Waals surface area contributed by atoms with Gasteiger partial charge in [0.15, 0.2) is 0 Å². The minimum Gasteiger partial charge on any atom is -0.463 e. The molecular formula is C27H44N2O4. The number of esters is 1. The van der Waals surface area contributed by atoms with Gasteiger partial charge < -0.3 is 15.0 Å². The molecule has 1 aromatic carbocycles. The molecule has 1 atom stereocenters. The Hall–Kier alpha value is -2.63. The zero-order valence-electron chi connectivity index (χ0n) is 21.8. The molecule has 0 bridgehead atoms. The Morgan fingerprint density at radius 2 is 1.61 bits per heavy atom. The maximum atomic E-state index is 11.9. The van der Waals surface area contributed by atoms with Crippen LogP contribution >= 0.6 is 0 Å². The Kier molecular flexibility index (Phi) is 15.6. The van der Waals surface area contributed by atoms with Gasteiger partial charge in [-0.3, -0.25) is 9.59 Å². The first kappa shape index (κ1) is 30.4. The summed E-state index contributed by atoms with van der Waals surface area (Å²) in [6, 6.07) is 8.50. The Morgan fingerprint density at radius 3 is 2.03 bits per heavy atom. The maximum Gasteiger partial charge on any atom is 0.333 e. The summed E-state index contributed by atoms with van der Waals surface area (Å²) >= 11 is 0. The Bertz CT molecular complexity index is 730. The van der Waals surface area contributed by atoms with Crippen LogP contribution in [0.25, 0.3) is 0 Å². The third kappa shape index (κ3) is 12.9. The van der Waals surface area contributed by atoms with Gasteiger partial charge in [0.2, 0.25) is 12.3 Å². The number of ether oxygens (including phenoxy) is 1. The number of fused-ring (bicyclic) bond motifs is 1. The summed E-state index contributed by atoms with van der Waals surface area (Å²) in [5, 5.41) is 2.34. The molecule has 33 heavy (non-hydrogen) atoms. The quantitative estimate of drug-likeness (QED) is 0.350.